The zero-order valence-corrected chi connectivity index (χ0v) is 6.83. The quantitative estimate of drug-likeness (QED) is 0.320. The number of hydrogen-bond acceptors (Lipinski definition) is 4. The Morgan fingerprint density at radius 1 is 1.33 bits per heavy atom. The molecule has 0 spiro atoms. The van der Waals surface area contributed by atoms with E-state index in [1.165, 1.54) is 0 Å². The number of ether oxygens (including phenoxy) is 1. The average Bonchev–Trinajstić information content (AvgIpc) is 2.00. The lowest BCUT2D eigenvalue weighted by Crippen LogP contribution is -2.18. The largest absolute Gasteiger partial charge is 0.452 e. The lowest BCUT2D eigenvalue weighted by atomic mass is 10.0. The second-order valence-corrected chi connectivity index (χ2v) is 2.21. The highest BCUT2D eigenvalue weighted by atomic mass is 16.5. The molecular weight excluding hydrogens is 159 g/mol. The van der Waals surface area contributed by atoms with E-state index in [0.29, 0.717) is 0 Å². The Labute approximate surface area is 71.7 Å². The summed E-state index contributed by atoms with van der Waals surface area (Å²) in [5, 5.41) is 0. The summed E-state index contributed by atoms with van der Waals surface area (Å²) in [6.45, 7) is 0.714. The van der Waals surface area contributed by atoms with Crippen LogP contribution in [-0.2, 0) is 19.1 Å². The Kier molecular flexibility index (Phi) is 5.00. The predicted octanol–water partition coefficient (Wildman–Crippen LogP) is -0.335. The topological polar surface area (TPSA) is 60.4 Å². The SMILES string of the molecule is [B]CCC(=O)COC(=O)C(C)=O. The Bertz CT molecular complexity index is 200. The molecule has 0 aromatic heterocycles. The van der Waals surface area contributed by atoms with Gasteiger partial charge in [0.15, 0.2) is 5.78 Å². The van der Waals surface area contributed by atoms with Gasteiger partial charge in [-0.3, -0.25) is 9.59 Å². The highest BCUT2D eigenvalue weighted by molar-refractivity contribution is 6.32. The minimum atomic E-state index is -0.986. The maximum absolute atomic E-state index is 10.7. The van der Waals surface area contributed by atoms with Crippen LogP contribution in [0.15, 0.2) is 0 Å². The molecule has 0 aliphatic heterocycles. The number of rotatable bonds is 5. The minimum absolute atomic E-state index is 0.158. The summed E-state index contributed by atoms with van der Waals surface area (Å²) >= 11 is 0. The molecule has 0 saturated heterocycles. The van der Waals surface area contributed by atoms with Crippen molar-refractivity contribution in [3.05, 3.63) is 0 Å². The van der Waals surface area contributed by atoms with Gasteiger partial charge < -0.3 is 4.74 Å². The Morgan fingerprint density at radius 3 is 2.33 bits per heavy atom. The molecule has 0 aliphatic carbocycles. The lowest BCUT2D eigenvalue weighted by molar-refractivity contribution is -0.154. The smallest absolute Gasteiger partial charge is 0.374 e. The lowest BCUT2D eigenvalue weighted by Gasteiger charge is -1.99. The van der Waals surface area contributed by atoms with E-state index in [1.807, 2.05) is 0 Å². The average molecular weight is 168 g/mol. The van der Waals surface area contributed by atoms with E-state index in [0.717, 1.165) is 6.92 Å². The van der Waals surface area contributed by atoms with Gasteiger partial charge in [-0.2, -0.15) is 0 Å². The van der Waals surface area contributed by atoms with E-state index in [1.54, 1.807) is 0 Å². The van der Waals surface area contributed by atoms with Gasteiger partial charge in [0.05, 0.1) is 7.85 Å². The first-order chi connectivity index (χ1) is 5.57. The summed E-state index contributed by atoms with van der Waals surface area (Å²) in [5.74, 6) is -1.98. The van der Waals surface area contributed by atoms with Crippen molar-refractivity contribution in [1.29, 1.82) is 0 Å². The fraction of sp³-hybridized carbons (Fsp3) is 0.571. The molecule has 0 atom stereocenters. The van der Waals surface area contributed by atoms with Crippen LogP contribution in [0.2, 0.25) is 6.32 Å². The van der Waals surface area contributed by atoms with Crippen LogP contribution in [0, 0.1) is 0 Å². The number of carbonyl (C=O) groups is 3. The van der Waals surface area contributed by atoms with Gasteiger partial charge >= 0.3 is 5.97 Å². The number of ketones is 2. The number of Topliss-reactive ketones (excluding diaryl/α,β-unsaturated/α-hetero) is 2. The van der Waals surface area contributed by atoms with Crippen LogP contribution in [-0.4, -0.2) is 32.0 Å². The molecule has 0 rings (SSSR count). The molecule has 0 heterocycles. The first-order valence-corrected chi connectivity index (χ1v) is 3.47. The van der Waals surface area contributed by atoms with Crippen molar-refractivity contribution in [2.24, 2.45) is 0 Å². The van der Waals surface area contributed by atoms with Crippen molar-refractivity contribution in [3.8, 4) is 0 Å². The number of esters is 1. The molecule has 0 aromatic carbocycles. The minimum Gasteiger partial charge on any atom is -0.452 e. The monoisotopic (exact) mass is 168 g/mol. The van der Waals surface area contributed by atoms with E-state index in [-0.39, 0.29) is 25.1 Å². The molecule has 0 bridgehead atoms. The molecule has 5 heteroatoms. The van der Waals surface area contributed by atoms with E-state index in [2.05, 4.69) is 4.74 Å². The summed E-state index contributed by atoms with van der Waals surface area (Å²) in [4.78, 5) is 31.5. The van der Waals surface area contributed by atoms with Gasteiger partial charge in [-0.15, -0.1) is 0 Å². The first-order valence-electron chi connectivity index (χ1n) is 3.47. The second-order valence-electron chi connectivity index (χ2n) is 2.21. The van der Waals surface area contributed by atoms with Gasteiger partial charge in [-0.25, -0.2) is 4.79 Å². The highest BCUT2D eigenvalue weighted by Crippen LogP contribution is 1.89. The molecule has 0 unspecified atom stereocenters. The van der Waals surface area contributed by atoms with Crippen LogP contribution in [0.1, 0.15) is 13.3 Å². The van der Waals surface area contributed by atoms with Crippen molar-refractivity contribution >= 4 is 25.4 Å². The Morgan fingerprint density at radius 2 is 1.92 bits per heavy atom. The third kappa shape index (κ3) is 4.65. The molecular formula is C7H9BO4. The van der Waals surface area contributed by atoms with Gasteiger partial charge in [0, 0.05) is 13.3 Å². The van der Waals surface area contributed by atoms with Crippen LogP contribution in [0.3, 0.4) is 0 Å². The van der Waals surface area contributed by atoms with Gasteiger partial charge in [0.25, 0.3) is 0 Å². The zero-order valence-electron chi connectivity index (χ0n) is 6.83. The number of carbonyl (C=O) groups excluding carboxylic acids is 3. The molecule has 0 N–H and O–H groups in total. The number of hydrogen-bond donors (Lipinski definition) is 0. The Hall–Kier alpha value is -1.13. The molecule has 4 nitrogen and oxygen atoms in total. The van der Waals surface area contributed by atoms with Crippen LogP contribution < -0.4 is 0 Å². The molecule has 0 aromatic rings. The van der Waals surface area contributed by atoms with E-state index >= 15 is 0 Å². The van der Waals surface area contributed by atoms with Gasteiger partial charge in [0.1, 0.15) is 6.61 Å². The van der Waals surface area contributed by atoms with E-state index < -0.39 is 11.8 Å². The molecule has 12 heavy (non-hydrogen) atoms. The van der Waals surface area contributed by atoms with Crippen LogP contribution >= 0.6 is 0 Å². The fourth-order valence-electron chi connectivity index (χ4n) is 0.481. The maximum Gasteiger partial charge on any atom is 0.374 e. The second kappa shape index (κ2) is 5.52. The fourth-order valence-corrected chi connectivity index (χ4v) is 0.481. The molecule has 0 saturated carbocycles. The summed E-state index contributed by atoms with van der Waals surface area (Å²) in [6, 6.07) is 0. The van der Waals surface area contributed by atoms with Crippen LogP contribution in [0.5, 0.6) is 0 Å². The van der Waals surface area contributed by atoms with Gasteiger partial charge in [0.2, 0.25) is 5.78 Å². The molecule has 2 radical (unpaired) electrons. The van der Waals surface area contributed by atoms with E-state index in [4.69, 9.17) is 7.85 Å². The first kappa shape index (κ1) is 10.9. The van der Waals surface area contributed by atoms with Crippen LogP contribution in [0.4, 0.5) is 0 Å². The third-order valence-corrected chi connectivity index (χ3v) is 1.07. The van der Waals surface area contributed by atoms with Crippen molar-refractivity contribution in [3.63, 3.8) is 0 Å². The molecule has 64 valence electrons. The van der Waals surface area contributed by atoms with Crippen molar-refractivity contribution < 1.29 is 19.1 Å². The zero-order chi connectivity index (χ0) is 9.56. The van der Waals surface area contributed by atoms with Crippen molar-refractivity contribution in [1.82, 2.24) is 0 Å². The predicted molar refractivity (Wildman–Crippen MR) is 41.8 cm³/mol. The summed E-state index contributed by atoms with van der Waals surface area (Å²) in [5.41, 5.74) is 0. The van der Waals surface area contributed by atoms with Crippen molar-refractivity contribution in [2.45, 2.75) is 19.7 Å². The van der Waals surface area contributed by atoms with Crippen molar-refractivity contribution in [2.75, 3.05) is 6.61 Å². The highest BCUT2D eigenvalue weighted by Gasteiger charge is 2.10. The van der Waals surface area contributed by atoms with E-state index in [9.17, 15) is 14.4 Å². The maximum atomic E-state index is 10.7. The Balaban J connectivity index is 3.61. The third-order valence-electron chi connectivity index (χ3n) is 1.07. The molecule has 0 amide bonds. The van der Waals surface area contributed by atoms with Crippen LogP contribution in [0.25, 0.3) is 0 Å². The summed E-state index contributed by atoms with van der Waals surface area (Å²) in [6.07, 6.45) is 0.377. The normalized spacial score (nSPS) is 9.08. The summed E-state index contributed by atoms with van der Waals surface area (Å²) < 4.78 is 4.32. The van der Waals surface area contributed by atoms with Gasteiger partial charge in [-0.1, -0.05) is 6.32 Å². The molecule has 0 aliphatic rings. The molecule has 0 fully saturated rings. The van der Waals surface area contributed by atoms with Gasteiger partial charge in [-0.05, 0) is 0 Å². The standard InChI is InChI=1S/C7H9BO4/c1-5(9)7(11)12-4-6(10)2-3-8/h2-4H2,1H3. The summed E-state index contributed by atoms with van der Waals surface area (Å²) in [7, 11) is 5.07.